The van der Waals surface area contributed by atoms with Gasteiger partial charge in [-0.05, 0) is 0 Å². The standard InChI is InChI=1S/C6H3ClF.Sn.H/c7-5-3-1-2-4-6(5)8;;/h1-2,4H;;. The second-order valence-electron chi connectivity index (χ2n) is 1.64. The van der Waals surface area contributed by atoms with Gasteiger partial charge in [-0.25, -0.2) is 0 Å². The van der Waals surface area contributed by atoms with Gasteiger partial charge in [-0.3, -0.25) is 0 Å². The molecule has 9 heavy (non-hydrogen) atoms. The molecule has 1 aromatic carbocycles. The van der Waals surface area contributed by atoms with E-state index in [1.165, 1.54) is 6.07 Å². The topological polar surface area (TPSA) is 0 Å². The average molecular weight is 249 g/mol. The fourth-order valence-corrected chi connectivity index (χ4v) is 1.36. The Hall–Kier alpha value is 0.239. The SMILES string of the molecule is Fc1ccc[c]([SnH])c1Cl. The van der Waals surface area contributed by atoms with E-state index in [2.05, 4.69) is 0 Å². The first-order chi connectivity index (χ1) is 4.22. The van der Waals surface area contributed by atoms with Crippen LogP contribution in [0.3, 0.4) is 0 Å². The molecule has 2 radical (unpaired) electrons. The van der Waals surface area contributed by atoms with E-state index >= 15 is 0 Å². The molecule has 0 aliphatic heterocycles. The monoisotopic (exact) mass is 250 g/mol. The van der Waals surface area contributed by atoms with Crippen molar-refractivity contribution in [3.05, 3.63) is 29.0 Å². The zero-order chi connectivity index (χ0) is 6.85. The fourth-order valence-electron chi connectivity index (χ4n) is 0.520. The quantitative estimate of drug-likeness (QED) is 0.602. The van der Waals surface area contributed by atoms with E-state index in [1.807, 2.05) is 6.07 Å². The number of benzene rings is 1. The third-order valence-corrected chi connectivity index (χ3v) is 3.28. The Bertz CT molecular complexity index is 204. The normalized spacial score (nSPS) is 9.67. The zero-order valence-electron chi connectivity index (χ0n) is 4.57. The zero-order valence-corrected chi connectivity index (χ0v) is 8.62. The summed E-state index contributed by atoms with van der Waals surface area (Å²) in [6, 6.07) is 4.86. The van der Waals surface area contributed by atoms with Gasteiger partial charge in [0.1, 0.15) is 0 Å². The number of hydrogen-bond acceptors (Lipinski definition) is 0. The summed E-state index contributed by atoms with van der Waals surface area (Å²) in [5.74, 6) is -0.318. The second-order valence-corrected chi connectivity index (χ2v) is 3.80. The first-order valence-corrected chi connectivity index (χ1v) is 4.44. The van der Waals surface area contributed by atoms with Crippen molar-refractivity contribution in [2.75, 3.05) is 0 Å². The van der Waals surface area contributed by atoms with Crippen molar-refractivity contribution >= 4 is 37.7 Å². The molecule has 1 aromatic rings. The fraction of sp³-hybridized carbons (Fsp3) is 0. The molecule has 0 amide bonds. The van der Waals surface area contributed by atoms with Gasteiger partial charge in [0.25, 0.3) is 0 Å². The summed E-state index contributed by atoms with van der Waals surface area (Å²) in [4.78, 5) is 0. The molecule has 0 aliphatic carbocycles. The summed E-state index contributed by atoms with van der Waals surface area (Å²) < 4.78 is 13.4. The Balaban J connectivity index is 3.25. The van der Waals surface area contributed by atoms with Gasteiger partial charge in [-0.2, -0.15) is 0 Å². The summed E-state index contributed by atoms with van der Waals surface area (Å²) in [6.07, 6.45) is 0. The second kappa shape index (κ2) is 2.88. The molecule has 0 fully saturated rings. The van der Waals surface area contributed by atoms with Crippen molar-refractivity contribution in [3.8, 4) is 0 Å². The van der Waals surface area contributed by atoms with Crippen LogP contribution < -0.4 is 3.58 Å². The summed E-state index contributed by atoms with van der Waals surface area (Å²) in [6.45, 7) is 0. The maximum absolute atomic E-state index is 12.5. The first-order valence-electron chi connectivity index (χ1n) is 2.41. The van der Waals surface area contributed by atoms with E-state index in [0.717, 1.165) is 26.1 Å². The molecular formula is C6H4ClFSn. The summed E-state index contributed by atoms with van der Waals surface area (Å²) in [5.41, 5.74) is 0. The van der Waals surface area contributed by atoms with Crippen LogP contribution >= 0.6 is 11.6 Å². The Morgan fingerprint density at radius 3 is 2.56 bits per heavy atom. The molecule has 0 spiro atoms. The minimum atomic E-state index is -0.318. The third kappa shape index (κ3) is 1.58. The minimum absolute atomic E-state index is 0.278. The Labute approximate surface area is 71.1 Å². The Morgan fingerprint density at radius 1 is 1.44 bits per heavy atom. The molecule has 0 N–H and O–H groups in total. The molecule has 0 aromatic heterocycles. The average Bonchev–Trinajstić information content (AvgIpc) is 1.83. The number of hydrogen-bond donors (Lipinski definition) is 0. The molecule has 0 bridgehead atoms. The first kappa shape index (κ1) is 7.35. The van der Waals surface area contributed by atoms with Crippen LogP contribution in [0.25, 0.3) is 0 Å². The molecule has 1 rings (SSSR count). The van der Waals surface area contributed by atoms with Crippen molar-refractivity contribution in [2.24, 2.45) is 0 Å². The van der Waals surface area contributed by atoms with E-state index < -0.39 is 0 Å². The molecular weight excluding hydrogens is 245 g/mol. The third-order valence-electron chi connectivity index (χ3n) is 0.981. The van der Waals surface area contributed by atoms with Crippen LogP contribution in [0.5, 0.6) is 0 Å². The van der Waals surface area contributed by atoms with E-state index in [-0.39, 0.29) is 10.8 Å². The molecule has 0 unspecified atom stereocenters. The van der Waals surface area contributed by atoms with Crippen LogP contribution in [-0.4, -0.2) is 22.5 Å². The summed E-state index contributed by atoms with van der Waals surface area (Å²) in [7, 11) is 0. The van der Waals surface area contributed by atoms with E-state index in [4.69, 9.17) is 11.6 Å². The van der Waals surface area contributed by atoms with E-state index in [0.29, 0.717) is 0 Å². The molecule has 0 saturated heterocycles. The van der Waals surface area contributed by atoms with Gasteiger partial charge in [0.15, 0.2) is 0 Å². The van der Waals surface area contributed by atoms with Crippen LogP contribution in [0.1, 0.15) is 0 Å². The molecule has 0 saturated carbocycles. The molecule has 3 heteroatoms. The van der Waals surface area contributed by atoms with Crippen molar-refractivity contribution in [1.82, 2.24) is 0 Å². The van der Waals surface area contributed by atoms with Crippen LogP contribution in [0.2, 0.25) is 5.02 Å². The summed E-state index contributed by atoms with van der Waals surface area (Å²) in [5, 5.41) is 0.278. The molecule has 0 nitrogen and oxygen atoms in total. The van der Waals surface area contributed by atoms with Crippen molar-refractivity contribution < 1.29 is 4.39 Å². The number of halogens is 2. The summed E-state index contributed by atoms with van der Waals surface area (Å²) >= 11 is 6.40. The number of rotatable bonds is 0. The van der Waals surface area contributed by atoms with Gasteiger partial charge < -0.3 is 0 Å². The van der Waals surface area contributed by atoms with E-state index in [9.17, 15) is 4.39 Å². The van der Waals surface area contributed by atoms with Crippen LogP contribution in [0.4, 0.5) is 4.39 Å². The van der Waals surface area contributed by atoms with Crippen molar-refractivity contribution in [2.45, 2.75) is 0 Å². The van der Waals surface area contributed by atoms with Gasteiger partial charge in [-0.1, -0.05) is 0 Å². The molecule has 46 valence electrons. The van der Waals surface area contributed by atoms with Crippen LogP contribution in [0.15, 0.2) is 18.2 Å². The maximum atomic E-state index is 12.5. The van der Waals surface area contributed by atoms with Gasteiger partial charge >= 0.3 is 71.1 Å². The molecule has 0 atom stereocenters. The Morgan fingerprint density at radius 2 is 2.11 bits per heavy atom. The van der Waals surface area contributed by atoms with Gasteiger partial charge in [0, 0.05) is 0 Å². The predicted molar refractivity (Wildman–Crippen MR) is 38.2 cm³/mol. The van der Waals surface area contributed by atoms with Crippen LogP contribution in [0, 0.1) is 5.82 Å². The van der Waals surface area contributed by atoms with Crippen LogP contribution in [-0.2, 0) is 0 Å². The molecule has 0 aliphatic rings. The molecule has 0 heterocycles. The van der Waals surface area contributed by atoms with Crippen molar-refractivity contribution in [3.63, 3.8) is 0 Å². The van der Waals surface area contributed by atoms with Gasteiger partial charge in [0.2, 0.25) is 0 Å². The van der Waals surface area contributed by atoms with Gasteiger partial charge in [-0.15, -0.1) is 0 Å². The van der Waals surface area contributed by atoms with Crippen molar-refractivity contribution in [1.29, 1.82) is 0 Å². The predicted octanol–water partition coefficient (Wildman–Crippen LogP) is 1.01. The van der Waals surface area contributed by atoms with Gasteiger partial charge in [0.05, 0.1) is 0 Å². The Kier molecular flexibility index (Phi) is 2.35. The van der Waals surface area contributed by atoms with E-state index in [1.54, 1.807) is 6.07 Å².